The first kappa shape index (κ1) is 114. The Kier molecular flexibility index (Phi) is 70.5. The molecule has 2 fully saturated rings. The summed E-state index contributed by atoms with van der Waals surface area (Å²) in [6, 6.07) is 14.6. The third-order valence-electron chi connectivity index (χ3n) is 25.7. The number of carbonyl (C=O) groups excluding carboxylic acids is 6. The van der Waals surface area contributed by atoms with E-state index in [0.717, 1.165) is 141 Å². The molecule has 2 heterocycles. The minimum atomic E-state index is -4.99. The summed E-state index contributed by atoms with van der Waals surface area (Å²) in [5.41, 5.74) is 0. The number of aliphatic hydroxyl groups is 1. The lowest BCUT2D eigenvalue weighted by Gasteiger charge is -2.46. The molecule has 0 spiro atoms. The molecular formula is C107H187N2O17P. The zero-order valence-corrected chi connectivity index (χ0v) is 82.6. The Bertz CT molecular complexity index is 2970. The minimum absolute atomic E-state index is 0.00516. The highest BCUT2D eigenvalue weighted by Gasteiger charge is 2.54. The van der Waals surface area contributed by atoms with Crippen LogP contribution in [0.25, 0.3) is 0 Å². The Balaban J connectivity index is 1.80. The predicted molar refractivity (Wildman–Crippen MR) is 517 cm³/mol. The fourth-order valence-corrected chi connectivity index (χ4v) is 19.4. The van der Waals surface area contributed by atoms with Crippen molar-refractivity contribution in [1.29, 1.82) is 0 Å². The van der Waals surface area contributed by atoms with E-state index in [1.807, 2.05) is 0 Å². The lowest BCUT2D eigenvalue weighted by atomic mass is 9.95. The van der Waals surface area contributed by atoms with Crippen LogP contribution in [0.2, 0.25) is 0 Å². The topological polar surface area (TPSA) is 238 Å². The number of nitrogens with zero attached hydrogens (tertiary/aromatic N) is 1. The van der Waals surface area contributed by atoms with Gasteiger partial charge in [-0.15, -0.1) is 0 Å². The molecule has 20 heteroatoms. The number of unbranched alkanes of at least 4 members (excludes halogenated alkanes) is 54. The van der Waals surface area contributed by atoms with Crippen molar-refractivity contribution in [3.63, 3.8) is 0 Å². The second kappa shape index (κ2) is 78.4. The van der Waals surface area contributed by atoms with Gasteiger partial charge in [0.1, 0.15) is 48.1 Å². The van der Waals surface area contributed by atoms with E-state index in [1.165, 1.54) is 218 Å². The van der Waals surface area contributed by atoms with Crippen LogP contribution < -0.4 is 14.4 Å². The van der Waals surface area contributed by atoms with Crippen LogP contribution >= 0.6 is 7.82 Å². The number of hydrogen-bond acceptors (Lipinski definition) is 17. The van der Waals surface area contributed by atoms with Gasteiger partial charge in [-0.1, -0.05) is 425 Å². The Morgan fingerprint density at radius 1 is 0.394 bits per heavy atom. The molecule has 2 aliphatic heterocycles. The van der Waals surface area contributed by atoms with Crippen LogP contribution in [0.15, 0.2) is 60.7 Å². The van der Waals surface area contributed by atoms with Gasteiger partial charge in [0.05, 0.1) is 38.5 Å². The summed E-state index contributed by atoms with van der Waals surface area (Å²) in [5.74, 6) is -2.50. The number of para-hydroxylation sites is 2. The highest BCUT2D eigenvalue weighted by molar-refractivity contribution is 7.49. The Morgan fingerprint density at radius 2 is 0.701 bits per heavy atom. The van der Waals surface area contributed by atoms with Crippen LogP contribution in [0, 0.1) is 0 Å². The molecule has 2 aromatic rings. The monoisotopic (exact) mass is 1800 g/mol. The summed E-state index contributed by atoms with van der Waals surface area (Å²) in [5, 5.41) is 15.0. The van der Waals surface area contributed by atoms with Gasteiger partial charge in [0.2, 0.25) is 11.8 Å². The number of amides is 2. The summed E-state index contributed by atoms with van der Waals surface area (Å²) in [6.07, 6.45) is 60.3. The third kappa shape index (κ3) is 58.5. The van der Waals surface area contributed by atoms with Gasteiger partial charge in [-0.25, -0.2) is 4.57 Å². The van der Waals surface area contributed by atoms with E-state index in [0.29, 0.717) is 70.8 Å². The molecule has 2 aliphatic rings. The molecular weight excluding hydrogens is 1620 g/mol. The average Bonchev–Trinajstić information content (AvgIpc) is 1.74. The molecule has 0 aliphatic carbocycles. The maximum absolute atomic E-state index is 15.9. The third-order valence-corrected chi connectivity index (χ3v) is 27.1. The maximum Gasteiger partial charge on any atom is 0.588 e. The van der Waals surface area contributed by atoms with Gasteiger partial charge in [0, 0.05) is 25.8 Å². The van der Waals surface area contributed by atoms with Crippen LogP contribution in [-0.2, 0) is 66.3 Å². The van der Waals surface area contributed by atoms with E-state index in [2.05, 4.69) is 46.9 Å². The first-order valence-electron chi connectivity index (χ1n) is 53.2. The van der Waals surface area contributed by atoms with E-state index >= 15 is 18.9 Å². The zero-order chi connectivity index (χ0) is 91.4. The van der Waals surface area contributed by atoms with Gasteiger partial charge in [-0.3, -0.25) is 33.3 Å². The lowest BCUT2D eigenvalue weighted by Crippen LogP contribution is -2.66. The summed E-state index contributed by atoms with van der Waals surface area (Å²) >= 11 is 0. The van der Waals surface area contributed by atoms with E-state index in [-0.39, 0.29) is 61.6 Å². The highest BCUT2D eigenvalue weighted by Crippen LogP contribution is 2.53. The number of ether oxygens (including phenoxy) is 6. The SMILES string of the molecule is CCCCCCCCCCCCCC(=O)O[C@H](CCCCCCCCCCC)CC(=O)N[C@H]1[C@H](OC[C@@H]2CCCN2C(=O)C[C@@H](CCCCCCCCCCC)OC(=O)CCCCCCCCCCCCC)O[C@H](CO)[C@@H](OP(=O)(Oc2ccccc2)Oc2ccccc2)[C@@H]1OC(=O)C[C@@H](CCCCCCCCCCC)OC(=O)CCCCCCCCCCCCC. The Labute approximate surface area is 774 Å². The molecule has 0 unspecified atom stereocenters. The molecule has 0 bridgehead atoms. The normalized spacial score (nSPS) is 17.2. The Hall–Kier alpha value is -5.07. The number of carbonyl (C=O) groups is 6. The molecule has 2 aromatic carbocycles. The molecule has 19 nitrogen and oxygen atoms in total. The fraction of sp³-hybridized carbons (Fsp3) is 0.832. The second-order valence-corrected chi connectivity index (χ2v) is 38.9. The fourth-order valence-electron chi connectivity index (χ4n) is 17.9. The van der Waals surface area contributed by atoms with Gasteiger partial charge in [-0.05, 0) is 94.9 Å². The van der Waals surface area contributed by atoms with E-state index in [4.69, 9.17) is 42.0 Å². The van der Waals surface area contributed by atoms with Gasteiger partial charge in [0.25, 0.3) is 0 Å². The molecule has 2 N–H and O–H groups in total. The van der Waals surface area contributed by atoms with Gasteiger partial charge < -0.3 is 52.8 Å². The summed E-state index contributed by atoms with van der Waals surface area (Å²) in [4.78, 5) is 90.1. The quantitative estimate of drug-likeness (QED) is 0.0271. The van der Waals surface area contributed by atoms with Crippen molar-refractivity contribution in [3.05, 3.63) is 60.7 Å². The van der Waals surface area contributed by atoms with Crippen LogP contribution in [0.4, 0.5) is 0 Å². The first-order chi connectivity index (χ1) is 62.2. The zero-order valence-electron chi connectivity index (χ0n) is 81.7. The van der Waals surface area contributed by atoms with Crippen molar-refractivity contribution in [1.82, 2.24) is 10.2 Å². The first-order valence-corrected chi connectivity index (χ1v) is 54.7. The molecule has 732 valence electrons. The van der Waals surface area contributed by atoms with Crippen LogP contribution in [-0.4, -0.2) is 120 Å². The van der Waals surface area contributed by atoms with E-state index in [9.17, 15) is 19.5 Å². The molecule has 0 saturated carbocycles. The van der Waals surface area contributed by atoms with E-state index in [1.54, 1.807) is 65.6 Å². The number of likely N-dealkylation sites (tertiary alicyclic amines) is 1. The smallest absolute Gasteiger partial charge is 0.462 e. The van der Waals surface area contributed by atoms with Gasteiger partial charge >= 0.3 is 31.7 Å². The predicted octanol–water partition coefficient (Wildman–Crippen LogP) is 29.5. The van der Waals surface area contributed by atoms with Crippen molar-refractivity contribution in [3.8, 4) is 11.5 Å². The summed E-state index contributed by atoms with van der Waals surface area (Å²) < 4.78 is 74.8. The highest BCUT2D eigenvalue weighted by atomic mass is 31.2. The molecule has 4 rings (SSSR count). The molecule has 127 heavy (non-hydrogen) atoms. The van der Waals surface area contributed by atoms with Crippen molar-refractivity contribution >= 4 is 43.5 Å². The van der Waals surface area contributed by atoms with Gasteiger partial charge in [0.15, 0.2) is 12.4 Å². The number of phosphoric acid groups is 1. The average molecular weight is 1800 g/mol. The van der Waals surface area contributed by atoms with Crippen LogP contribution in [0.1, 0.15) is 497 Å². The van der Waals surface area contributed by atoms with Crippen molar-refractivity contribution in [2.24, 2.45) is 0 Å². The molecule has 2 saturated heterocycles. The van der Waals surface area contributed by atoms with Crippen LogP contribution in [0.5, 0.6) is 11.5 Å². The van der Waals surface area contributed by atoms with Crippen LogP contribution in [0.3, 0.4) is 0 Å². The minimum Gasteiger partial charge on any atom is -0.462 e. The summed E-state index contributed by atoms with van der Waals surface area (Å²) in [6.45, 7) is 12.8. The summed E-state index contributed by atoms with van der Waals surface area (Å²) in [7, 11) is -4.99. The van der Waals surface area contributed by atoms with Crippen molar-refractivity contribution in [2.45, 2.75) is 552 Å². The lowest BCUT2D eigenvalue weighted by molar-refractivity contribution is -0.273. The number of aliphatic hydroxyl groups excluding tert-OH is 1. The number of hydrogen-bond donors (Lipinski definition) is 2. The largest absolute Gasteiger partial charge is 0.588 e. The van der Waals surface area contributed by atoms with E-state index < -0.39 is 93.7 Å². The molecule has 2 amide bonds. The number of benzene rings is 2. The molecule has 0 aromatic heterocycles. The maximum atomic E-state index is 15.9. The Morgan fingerprint density at radius 3 is 1.03 bits per heavy atom. The molecule has 0 radical (unpaired) electrons. The number of phosphoric ester groups is 1. The van der Waals surface area contributed by atoms with Crippen molar-refractivity contribution in [2.75, 3.05) is 19.8 Å². The van der Waals surface area contributed by atoms with Crippen molar-refractivity contribution < 1.29 is 80.4 Å². The second-order valence-electron chi connectivity index (χ2n) is 37.5. The standard InChI is InChI=1S/C107H187N2O17P/c1-7-13-19-25-31-37-40-46-52-58-70-82-100(113)119-94(79-63-55-49-43-34-28-22-16-10-4)86-98(111)108-104-106(123-103(116)88-96(81-65-57-51-45-36-30-24-18-12-6)121-102(115)84-72-60-54-48-42-39-33-27-21-15-9-3)105(126-127(117,124-92-75-66-61-67-76-92)125-93-77-68-62-69-78-93)97(89-110)122-107(104)118-90-91-74-73-85-109(91)99(112)87-95(80-64-56-50-44-35-29-23-17-11-5)120-101(114)83-71-59-53-47-41-38-32-26-20-14-8-2/h61-62,66-69,75-78,91,94-97,104-107,110H,7-60,63-65,70-74,79-90H2,1-6H3,(H,108,111)/t91-,94+,95+,96+,97+,104+,105+,106+,107+/m0/s1. The number of rotatable bonds is 87. The number of nitrogens with one attached hydrogen (secondary N) is 1. The van der Waals surface area contributed by atoms with Gasteiger partial charge in [-0.2, -0.15) is 0 Å². The number of esters is 4. The molecule has 9 atom stereocenters.